The number of oxime groups is 1. The van der Waals surface area contributed by atoms with E-state index in [0.717, 1.165) is 22.6 Å². The van der Waals surface area contributed by atoms with Crippen LogP contribution in [0.5, 0.6) is 0 Å². The van der Waals surface area contributed by atoms with Crippen LogP contribution in [0.1, 0.15) is 22.5 Å². The molecule has 2 aromatic carbocycles. The van der Waals surface area contributed by atoms with E-state index in [9.17, 15) is 20.2 Å². The van der Waals surface area contributed by atoms with Crippen molar-refractivity contribution in [1.29, 1.82) is 0 Å². The normalized spacial score (nSPS) is 11.0. The van der Waals surface area contributed by atoms with Crippen LogP contribution in [0.3, 0.4) is 0 Å². The highest BCUT2D eigenvalue weighted by Crippen LogP contribution is 2.22. The monoisotopic (exact) mass is 394 g/mol. The molecule has 0 saturated heterocycles. The zero-order chi connectivity index (χ0) is 21.0. The average molecular weight is 394 g/mol. The molecule has 1 heterocycles. The standard InChI is InChI=1S/C20H18N4O5/c1-14-10-17(12-21-29-13-16-4-3-5-20(11-16)24(27)28)15(2)22(14)18-6-8-19(9-7-18)23(25)26/h3-12H,13H2,1-2H3/b21-12+. The third-order valence-electron chi connectivity index (χ3n) is 4.41. The fraction of sp³-hybridized carbons (Fsp3) is 0.150. The maximum Gasteiger partial charge on any atom is 0.269 e. The molecule has 0 amide bonds. The van der Waals surface area contributed by atoms with Gasteiger partial charge in [0.2, 0.25) is 0 Å². The lowest BCUT2D eigenvalue weighted by Crippen LogP contribution is -2.00. The van der Waals surface area contributed by atoms with Gasteiger partial charge in [-0.2, -0.15) is 0 Å². The van der Waals surface area contributed by atoms with Crippen LogP contribution in [0.25, 0.3) is 5.69 Å². The first-order chi connectivity index (χ1) is 13.9. The largest absolute Gasteiger partial charge is 0.391 e. The zero-order valence-corrected chi connectivity index (χ0v) is 15.8. The quantitative estimate of drug-likeness (QED) is 0.333. The molecule has 148 valence electrons. The number of non-ortho nitro benzene ring substituents is 2. The number of aromatic nitrogens is 1. The van der Waals surface area contributed by atoms with Crippen LogP contribution in [0.4, 0.5) is 11.4 Å². The van der Waals surface area contributed by atoms with Crippen LogP contribution in [0.15, 0.2) is 59.8 Å². The molecule has 0 aliphatic rings. The van der Waals surface area contributed by atoms with E-state index < -0.39 is 9.85 Å². The van der Waals surface area contributed by atoms with Gasteiger partial charge >= 0.3 is 0 Å². The summed E-state index contributed by atoms with van der Waals surface area (Å²) in [5.41, 5.74) is 4.17. The molecule has 0 bridgehead atoms. The van der Waals surface area contributed by atoms with E-state index in [0.29, 0.717) is 5.56 Å². The highest BCUT2D eigenvalue weighted by atomic mass is 16.6. The third-order valence-corrected chi connectivity index (χ3v) is 4.41. The molecule has 0 spiro atoms. The summed E-state index contributed by atoms with van der Waals surface area (Å²) in [4.78, 5) is 26.0. The Morgan fingerprint density at radius 2 is 1.69 bits per heavy atom. The molecule has 3 rings (SSSR count). The fourth-order valence-corrected chi connectivity index (χ4v) is 3.00. The van der Waals surface area contributed by atoms with E-state index in [4.69, 9.17) is 4.84 Å². The molecule has 0 fully saturated rings. The Balaban J connectivity index is 1.72. The van der Waals surface area contributed by atoms with Crippen molar-refractivity contribution in [2.45, 2.75) is 20.5 Å². The Bertz CT molecular complexity index is 1090. The van der Waals surface area contributed by atoms with Gasteiger partial charge in [-0.1, -0.05) is 17.3 Å². The van der Waals surface area contributed by atoms with Crippen molar-refractivity contribution < 1.29 is 14.7 Å². The van der Waals surface area contributed by atoms with Gasteiger partial charge in [0.25, 0.3) is 11.4 Å². The van der Waals surface area contributed by atoms with Crippen LogP contribution in [0.2, 0.25) is 0 Å². The predicted octanol–water partition coefficient (Wildman–Crippen LogP) is 4.46. The van der Waals surface area contributed by atoms with Gasteiger partial charge in [0.05, 0.1) is 16.1 Å². The number of nitro groups is 2. The number of rotatable bonds is 7. The van der Waals surface area contributed by atoms with Crippen LogP contribution in [0, 0.1) is 34.1 Å². The first-order valence-corrected chi connectivity index (χ1v) is 8.69. The van der Waals surface area contributed by atoms with Gasteiger partial charge in [0.1, 0.15) is 6.61 Å². The van der Waals surface area contributed by atoms with Gasteiger partial charge in [0, 0.05) is 46.9 Å². The molecule has 1 aromatic heterocycles. The molecular formula is C20H18N4O5. The van der Waals surface area contributed by atoms with Gasteiger partial charge in [-0.25, -0.2) is 0 Å². The summed E-state index contributed by atoms with van der Waals surface area (Å²) in [7, 11) is 0. The Morgan fingerprint density at radius 3 is 2.34 bits per heavy atom. The van der Waals surface area contributed by atoms with Crippen LogP contribution < -0.4 is 0 Å². The maximum atomic E-state index is 10.8. The molecule has 0 saturated carbocycles. The lowest BCUT2D eigenvalue weighted by Gasteiger charge is -2.09. The molecule has 29 heavy (non-hydrogen) atoms. The Labute approximate surface area is 166 Å². The van der Waals surface area contributed by atoms with E-state index in [1.165, 1.54) is 24.3 Å². The minimum atomic E-state index is -0.459. The summed E-state index contributed by atoms with van der Waals surface area (Å²) in [6.45, 7) is 3.95. The first-order valence-electron chi connectivity index (χ1n) is 8.69. The van der Waals surface area contributed by atoms with Gasteiger partial charge < -0.3 is 9.40 Å². The zero-order valence-electron chi connectivity index (χ0n) is 15.8. The third kappa shape index (κ3) is 4.46. The van der Waals surface area contributed by atoms with Crippen molar-refractivity contribution in [3.63, 3.8) is 0 Å². The average Bonchev–Trinajstić information content (AvgIpc) is 2.99. The summed E-state index contributed by atoms with van der Waals surface area (Å²) in [6, 6.07) is 14.4. The predicted molar refractivity (Wildman–Crippen MR) is 107 cm³/mol. The number of hydrogen-bond acceptors (Lipinski definition) is 6. The Hall–Kier alpha value is -4.01. The number of nitrogens with zero attached hydrogens (tertiary/aromatic N) is 4. The van der Waals surface area contributed by atoms with Gasteiger partial charge in [-0.3, -0.25) is 20.2 Å². The van der Waals surface area contributed by atoms with E-state index in [1.54, 1.807) is 30.5 Å². The smallest absolute Gasteiger partial charge is 0.269 e. The van der Waals surface area contributed by atoms with Gasteiger partial charge in [0.15, 0.2) is 0 Å². The van der Waals surface area contributed by atoms with Gasteiger partial charge in [-0.15, -0.1) is 0 Å². The summed E-state index contributed by atoms with van der Waals surface area (Å²) in [6.07, 6.45) is 1.57. The number of aryl methyl sites for hydroxylation is 1. The van der Waals surface area contributed by atoms with Crippen molar-refractivity contribution in [2.24, 2.45) is 5.16 Å². The second kappa shape index (κ2) is 8.34. The van der Waals surface area contributed by atoms with Crippen LogP contribution >= 0.6 is 0 Å². The summed E-state index contributed by atoms with van der Waals surface area (Å²) in [5.74, 6) is 0. The molecular weight excluding hydrogens is 376 g/mol. The second-order valence-corrected chi connectivity index (χ2v) is 6.37. The minimum Gasteiger partial charge on any atom is -0.391 e. The highest BCUT2D eigenvalue weighted by Gasteiger charge is 2.11. The molecule has 0 radical (unpaired) electrons. The SMILES string of the molecule is Cc1cc(/C=N/OCc2cccc([N+](=O)[O-])c2)c(C)n1-c1ccc([N+](=O)[O-])cc1. The van der Waals surface area contributed by atoms with Crippen LogP contribution in [-0.2, 0) is 11.4 Å². The molecule has 3 aromatic rings. The first kappa shape index (κ1) is 19.7. The molecule has 9 heteroatoms. The fourth-order valence-electron chi connectivity index (χ4n) is 3.00. The maximum absolute atomic E-state index is 10.8. The van der Waals surface area contributed by atoms with Crippen molar-refractivity contribution in [3.8, 4) is 5.69 Å². The van der Waals surface area contributed by atoms with Crippen molar-refractivity contribution in [2.75, 3.05) is 0 Å². The Morgan fingerprint density at radius 1 is 1.00 bits per heavy atom. The molecule has 9 nitrogen and oxygen atoms in total. The molecule has 0 aliphatic heterocycles. The summed E-state index contributed by atoms with van der Waals surface area (Å²) >= 11 is 0. The Kier molecular flexibility index (Phi) is 5.68. The van der Waals surface area contributed by atoms with Crippen molar-refractivity contribution in [1.82, 2.24) is 4.57 Å². The minimum absolute atomic E-state index is 0.00160. The summed E-state index contributed by atoms with van der Waals surface area (Å²) < 4.78 is 1.96. The molecule has 0 unspecified atom stereocenters. The molecule has 0 N–H and O–H groups in total. The van der Waals surface area contributed by atoms with E-state index in [2.05, 4.69) is 5.16 Å². The molecule has 0 atom stereocenters. The van der Waals surface area contributed by atoms with Crippen molar-refractivity contribution >= 4 is 17.6 Å². The topological polar surface area (TPSA) is 113 Å². The number of nitro benzene ring substituents is 2. The second-order valence-electron chi connectivity index (χ2n) is 6.37. The summed E-state index contributed by atoms with van der Waals surface area (Å²) in [5, 5.41) is 25.6. The number of hydrogen-bond donors (Lipinski definition) is 0. The van der Waals surface area contributed by atoms with Gasteiger partial charge in [-0.05, 0) is 37.6 Å². The number of benzene rings is 2. The van der Waals surface area contributed by atoms with E-state index in [-0.39, 0.29) is 18.0 Å². The van der Waals surface area contributed by atoms with E-state index in [1.807, 2.05) is 24.5 Å². The highest BCUT2D eigenvalue weighted by molar-refractivity contribution is 5.81. The van der Waals surface area contributed by atoms with Crippen LogP contribution in [-0.4, -0.2) is 20.6 Å². The lowest BCUT2D eigenvalue weighted by molar-refractivity contribution is -0.385. The lowest BCUT2D eigenvalue weighted by atomic mass is 10.2. The van der Waals surface area contributed by atoms with E-state index >= 15 is 0 Å². The molecule has 0 aliphatic carbocycles. The van der Waals surface area contributed by atoms with Crippen molar-refractivity contribution in [3.05, 3.63) is 97.3 Å².